The maximum Gasteiger partial charge on any atom is 0.0107 e. The summed E-state index contributed by atoms with van der Waals surface area (Å²) in [6.45, 7) is 9.64. The summed E-state index contributed by atoms with van der Waals surface area (Å²) in [5.41, 5.74) is 3.03. The lowest BCUT2D eigenvalue weighted by Gasteiger charge is -2.38. The van der Waals surface area contributed by atoms with E-state index in [4.69, 9.17) is 0 Å². The first-order chi connectivity index (χ1) is 10.2. The number of nitrogens with zero attached hydrogens (tertiary/aromatic N) is 1. The Morgan fingerprint density at radius 2 is 1.86 bits per heavy atom. The summed E-state index contributed by atoms with van der Waals surface area (Å²) in [5, 5.41) is 3.76. The lowest BCUT2D eigenvalue weighted by atomic mass is 9.74. The topological polar surface area (TPSA) is 15.3 Å². The summed E-state index contributed by atoms with van der Waals surface area (Å²) in [6, 6.07) is 9.63. The Hall–Kier alpha value is -0.860. The van der Waals surface area contributed by atoms with Crippen LogP contribution in [0.15, 0.2) is 24.3 Å². The lowest BCUT2D eigenvalue weighted by molar-refractivity contribution is 0.184. The van der Waals surface area contributed by atoms with Gasteiger partial charge < -0.3 is 10.2 Å². The van der Waals surface area contributed by atoms with Gasteiger partial charge in [0.1, 0.15) is 0 Å². The van der Waals surface area contributed by atoms with Crippen LogP contribution in [0, 0.1) is 12.8 Å². The molecule has 2 fully saturated rings. The molecule has 0 unspecified atom stereocenters. The first kappa shape index (κ1) is 15.1. The Balaban J connectivity index is 1.33. The minimum Gasteiger partial charge on any atom is -0.313 e. The predicted octanol–water partition coefficient (Wildman–Crippen LogP) is 3.56. The molecule has 0 aromatic heterocycles. The Kier molecular flexibility index (Phi) is 4.97. The van der Waals surface area contributed by atoms with E-state index in [9.17, 15) is 0 Å². The first-order valence-electron chi connectivity index (χ1n) is 8.73. The molecule has 0 amide bonds. The van der Waals surface area contributed by atoms with Crippen molar-refractivity contribution in [3.05, 3.63) is 35.4 Å². The number of nitrogens with one attached hydrogen (secondary N) is 1. The van der Waals surface area contributed by atoms with Crippen LogP contribution in [0.2, 0.25) is 0 Å². The molecule has 1 heterocycles. The van der Waals surface area contributed by atoms with E-state index in [0.29, 0.717) is 0 Å². The zero-order valence-corrected chi connectivity index (χ0v) is 13.6. The molecule has 2 aliphatic rings. The molecular formula is C19H30N2. The molecule has 116 valence electrons. The molecule has 2 heteroatoms. The van der Waals surface area contributed by atoms with Gasteiger partial charge in [0.05, 0.1) is 0 Å². The second kappa shape index (κ2) is 6.93. The van der Waals surface area contributed by atoms with Crippen molar-refractivity contribution >= 4 is 0 Å². The monoisotopic (exact) mass is 286 g/mol. The molecule has 2 nitrogen and oxygen atoms in total. The van der Waals surface area contributed by atoms with Crippen molar-refractivity contribution in [2.75, 3.05) is 26.2 Å². The summed E-state index contributed by atoms with van der Waals surface area (Å²) in [7, 11) is 0. The molecule has 1 aromatic carbocycles. The fourth-order valence-corrected chi connectivity index (χ4v) is 3.80. The normalized spacial score (nSPS) is 27.5. The molecule has 0 atom stereocenters. The van der Waals surface area contributed by atoms with Crippen LogP contribution in [0.4, 0.5) is 0 Å². The highest BCUT2D eigenvalue weighted by atomic mass is 15.1. The number of hydrogen-bond donors (Lipinski definition) is 1. The van der Waals surface area contributed by atoms with Gasteiger partial charge in [-0.05, 0) is 68.7 Å². The van der Waals surface area contributed by atoms with Crippen LogP contribution in [0.5, 0.6) is 0 Å². The predicted molar refractivity (Wildman–Crippen MR) is 89.8 cm³/mol. The molecule has 1 N–H and O–H groups in total. The molecule has 0 bridgehead atoms. The smallest absolute Gasteiger partial charge is 0.0107 e. The van der Waals surface area contributed by atoms with Gasteiger partial charge in [0, 0.05) is 19.1 Å². The van der Waals surface area contributed by atoms with Crippen LogP contribution in [-0.2, 0) is 0 Å². The van der Waals surface area contributed by atoms with Gasteiger partial charge in [0.25, 0.3) is 0 Å². The minimum absolute atomic E-state index is 0.748. The molecule has 1 aromatic rings. The average molecular weight is 286 g/mol. The number of piperidine rings is 1. The Morgan fingerprint density at radius 1 is 1.14 bits per heavy atom. The van der Waals surface area contributed by atoms with E-state index in [1.807, 2.05) is 0 Å². The number of likely N-dealkylation sites (tertiary alicyclic amines) is 1. The van der Waals surface area contributed by atoms with Gasteiger partial charge in [-0.1, -0.05) is 31.2 Å². The van der Waals surface area contributed by atoms with Crippen molar-refractivity contribution in [2.45, 2.75) is 51.5 Å². The zero-order valence-electron chi connectivity index (χ0n) is 13.6. The summed E-state index contributed by atoms with van der Waals surface area (Å²) in [4.78, 5) is 2.63. The van der Waals surface area contributed by atoms with Gasteiger partial charge >= 0.3 is 0 Å². The molecule has 0 spiro atoms. The third kappa shape index (κ3) is 3.87. The van der Waals surface area contributed by atoms with Gasteiger partial charge in [-0.2, -0.15) is 0 Å². The molecule has 0 radical (unpaired) electrons. The fraction of sp³-hybridized carbons (Fsp3) is 0.684. The highest BCUT2D eigenvalue weighted by Crippen LogP contribution is 2.38. The van der Waals surface area contributed by atoms with Gasteiger partial charge in [0.2, 0.25) is 0 Å². The highest BCUT2D eigenvalue weighted by molar-refractivity contribution is 5.31. The number of hydrogen-bond acceptors (Lipinski definition) is 2. The summed E-state index contributed by atoms with van der Waals surface area (Å²) >= 11 is 0. The Labute approximate surface area is 129 Å². The average Bonchev–Trinajstić information content (AvgIpc) is 2.45. The fourth-order valence-electron chi connectivity index (χ4n) is 3.80. The second-order valence-electron chi connectivity index (χ2n) is 7.20. The molecule has 1 saturated heterocycles. The van der Waals surface area contributed by atoms with Gasteiger partial charge in [-0.3, -0.25) is 0 Å². The van der Waals surface area contributed by atoms with Gasteiger partial charge in [0.15, 0.2) is 0 Å². The third-order valence-corrected chi connectivity index (χ3v) is 5.50. The van der Waals surface area contributed by atoms with E-state index in [2.05, 4.69) is 48.3 Å². The maximum absolute atomic E-state index is 3.76. The van der Waals surface area contributed by atoms with Crippen LogP contribution < -0.4 is 5.32 Å². The van der Waals surface area contributed by atoms with E-state index in [1.165, 1.54) is 57.4 Å². The Bertz CT molecular complexity index is 443. The van der Waals surface area contributed by atoms with E-state index in [0.717, 1.165) is 17.9 Å². The van der Waals surface area contributed by atoms with Crippen molar-refractivity contribution in [2.24, 2.45) is 5.92 Å². The second-order valence-corrected chi connectivity index (χ2v) is 7.20. The lowest BCUT2D eigenvalue weighted by Crippen LogP contribution is -2.44. The molecule has 1 saturated carbocycles. The maximum atomic E-state index is 3.76. The molecule has 1 aliphatic carbocycles. The number of benzene rings is 1. The van der Waals surface area contributed by atoms with Crippen LogP contribution >= 0.6 is 0 Å². The van der Waals surface area contributed by atoms with Crippen molar-refractivity contribution in [3.63, 3.8) is 0 Å². The van der Waals surface area contributed by atoms with Crippen LogP contribution in [-0.4, -0.2) is 37.1 Å². The number of aryl methyl sites for hydroxylation is 1. The molecular weight excluding hydrogens is 256 g/mol. The quantitative estimate of drug-likeness (QED) is 0.890. The van der Waals surface area contributed by atoms with Crippen LogP contribution in [0.1, 0.15) is 49.7 Å². The van der Waals surface area contributed by atoms with Crippen molar-refractivity contribution in [3.8, 4) is 0 Å². The van der Waals surface area contributed by atoms with Gasteiger partial charge in [-0.25, -0.2) is 0 Å². The Morgan fingerprint density at radius 3 is 2.57 bits per heavy atom. The van der Waals surface area contributed by atoms with Crippen molar-refractivity contribution in [1.29, 1.82) is 0 Å². The molecule has 21 heavy (non-hydrogen) atoms. The largest absolute Gasteiger partial charge is 0.313 e. The molecule has 3 rings (SSSR count). The van der Waals surface area contributed by atoms with Crippen LogP contribution in [0.3, 0.4) is 0 Å². The third-order valence-electron chi connectivity index (χ3n) is 5.50. The standard InChI is InChI=1S/C19H30N2/c1-15-7-10-21(11-8-15)12-9-20-18-13-17(14-18)19-6-4-3-5-16(19)2/h3-6,15,17-18,20H,7-14H2,1-2H3. The van der Waals surface area contributed by atoms with E-state index >= 15 is 0 Å². The summed E-state index contributed by atoms with van der Waals surface area (Å²) in [5.74, 6) is 1.73. The van der Waals surface area contributed by atoms with Crippen LogP contribution in [0.25, 0.3) is 0 Å². The van der Waals surface area contributed by atoms with Gasteiger partial charge in [-0.15, -0.1) is 0 Å². The zero-order chi connectivity index (χ0) is 14.7. The molecule has 1 aliphatic heterocycles. The minimum atomic E-state index is 0.748. The van der Waals surface area contributed by atoms with Crippen molar-refractivity contribution < 1.29 is 0 Å². The van der Waals surface area contributed by atoms with E-state index in [1.54, 1.807) is 5.56 Å². The SMILES string of the molecule is Cc1ccccc1C1CC(NCCN2CCC(C)CC2)C1. The van der Waals surface area contributed by atoms with E-state index < -0.39 is 0 Å². The first-order valence-corrected chi connectivity index (χ1v) is 8.73. The van der Waals surface area contributed by atoms with E-state index in [-0.39, 0.29) is 0 Å². The van der Waals surface area contributed by atoms with Crippen molar-refractivity contribution in [1.82, 2.24) is 10.2 Å². The number of rotatable bonds is 5. The summed E-state index contributed by atoms with van der Waals surface area (Å²) in [6.07, 6.45) is 5.42. The summed E-state index contributed by atoms with van der Waals surface area (Å²) < 4.78 is 0. The highest BCUT2D eigenvalue weighted by Gasteiger charge is 2.30.